The van der Waals surface area contributed by atoms with Crippen LogP contribution >= 0.6 is 0 Å². The Labute approximate surface area is 107 Å². The van der Waals surface area contributed by atoms with E-state index in [-0.39, 0.29) is 5.54 Å². The fourth-order valence-electron chi connectivity index (χ4n) is 2.66. The molecule has 1 aliphatic rings. The minimum Gasteiger partial charge on any atom is -0.319 e. The number of fused-ring (bicyclic) bond motifs is 1. The van der Waals surface area contributed by atoms with Crippen LogP contribution in [0.25, 0.3) is 11.2 Å². The van der Waals surface area contributed by atoms with Gasteiger partial charge in [0.25, 0.3) is 0 Å². The largest absolute Gasteiger partial charge is 0.319 e. The first-order valence-electron chi connectivity index (χ1n) is 6.64. The molecule has 2 aromatic heterocycles. The van der Waals surface area contributed by atoms with E-state index in [0.29, 0.717) is 12.0 Å². The zero-order chi connectivity index (χ0) is 12.9. The summed E-state index contributed by atoms with van der Waals surface area (Å²) in [6, 6.07) is 4.25. The van der Waals surface area contributed by atoms with Gasteiger partial charge in [-0.1, -0.05) is 0 Å². The Bertz CT molecular complexity index is 578. The van der Waals surface area contributed by atoms with Crippen molar-refractivity contribution in [3.05, 3.63) is 24.2 Å². The van der Waals surface area contributed by atoms with Gasteiger partial charge in [-0.05, 0) is 51.7 Å². The molecule has 1 saturated carbocycles. The van der Waals surface area contributed by atoms with E-state index >= 15 is 0 Å². The fraction of sp³-hybridized carbons (Fsp3) is 0.571. The molecule has 0 bridgehead atoms. The van der Waals surface area contributed by atoms with E-state index < -0.39 is 0 Å². The van der Waals surface area contributed by atoms with Crippen molar-refractivity contribution in [2.24, 2.45) is 11.7 Å². The number of hydrogen-bond donors (Lipinski definition) is 1. The molecule has 0 saturated heterocycles. The first-order valence-corrected chi connectivity index (χ1v) is 6.64. The smallest absolute Gasteiger partial charge is 0.160 e. The molecule has 4 nitrogen and oxygen atoms in total. The molecule has 1 aliphatic carbocycles. The first-order chi connectivity index (χ1) is 8.51. The average molecular weight is 244 g/mol. The second kappa shape index (κ2) is 3.79. The van der Waals surface area contributed by atoms with Crippen molar-refractivity contribution >= 4 is 11.2 Å². The molecule has 0 spiro atoms. The lowest BCUT2D eigenvalue weighted by atomic mass is 9.96. The Balaban J connectivity index is 2.24. The third-order valence-corrected chi connectivity index (χ3v) is 3.87. The minimum absolute atomic E-state index is 0.321. The van der Waals surface area contributed by atoms with E-state index in [0.717, 1.165) is 17.0 Å². The summed E-state index contributed by atoms with van der Waals surface area (Å²) in [4.78, 5) is 9.20. The molecule has 1 unspecified atom stereocenters. The lowest BCUT2D eigenvalue weighted by Gasteiger charge is -2.26. The maximum atomic E-state index is 6.53. The van der Waals surface area contributed by atoms with E-state index in [1.807, 2.05) is 18.3 Å². The molecule has 0 aromatic carbocycles. The van der Waals surface area contributed by atoms with Gasteiger partial charge in [-0.25, -0.2) is 9.97 Å². The van der Waals surface area contributed by atoms with Gasteiger partial charge < -0.3 is 10.3 Å². The number of imidazole rings is 1. The highest BCUT2D eigenvalue weighted by Gasteiger charge is 2.43. The molecular weight excluding hydrogens is 224 g/mol. The van der Waals surface area contributed by atoms with Gasteiger partial charge in [0.1, 0.15) is 11.3 Å². The molecular formula is C14H20N4. The third kappa shape index (κ3) is 1.63. The number of rotatable bonds is 3. The van der Waals surface area contributed by atoms with Gasteiger partial charge in [-0.15, -0.1) is 0 Å². The number of pyridine rings is 1. The van der Waals surface area contributed by atoms with Crippen LogP contribution in [0.3, 0.4) is 0 Å². The van der Waals surface area contributed by atoms with Crippen LogP contribution in [-0.4, -0.2) is 14.5 Å². The summed E-state index contributed by atoms with van der Waals surface area (Å²) in [6.45, 7) is 6.41. The van der Waals surface area contributed by atoms with Gasteiger partial charge in [0, 0.05) is 12.2 Å². The van der Waals surface area contributed by atoms with Crippen molar-refractivity contribution < 1.29 is 0 Å². The van der Waals surface area contributed by atoms with E-state index in [1.165, 1.54) is 12.8 Å². The Hall–Kier alpha value is -1.42. The van der Waals surface area contributed by atoms with Gasteiger partial charge in [0.15, 0.2) is 5.65 Å². The molecule has 0 aliphatic heterocycles. The number of nitrogens with zero attached hydrogens (tertiary/aromatic N) is 3. The summed E-state index contributed by atoms with van der Waals surface area (Å²) in [7, 11) is 0. The average Bonchev–Trinajstić information content (AvgIpc) is 3.09. The molecule has 4 heteroatoms. The maximum Gasteiger partial charge on any atom is 0.160 e. The summed E-state index contributed by atoms with van der Waals surface area (Å²) < 4.78 is 2.19. The van der Waals surface area contributed by atoms with Crippen LogP contribution in [0.15, 0.2) is 18.3 Å². The molecule has 1 atom stereocenters. The normalized spacial score (nSPS) is 19.4. The van der Waals surface area contributed by atoms with Crippen molar-refractivity contribution in [3.8, 4) is 0 Å². The van der Waals surface area contributed by atoms with Crippen LogP contribution < -0.4 is 5.73 Å². The Kier molecular flexibility index (Phi) is 2.45. The van der Waals surface area contributed by atoms with E-state index in [2.05, 4.69) is 30.3 Å². The van der Waals surface area contributed by atoms with E-state index in [9.17, 15) is 0 Å². The zero-order valence-electron chi connectivity index (χ0n) is 11.2. The lowest BCUT2D eigenvalue weighted by molar-refractivity contribution is 0.373. The second-order valence-electron chi connectivity index (χ2n) is 5.80. The van der Waals surface area contributed by atoms with Gasteiger partial charge in [0.2, 0.25) is 0 Å². The fourth-order valence-corrected chi connectivity index (χ4v) is 2.66. The minimum atomic E-state index is -0.342. The van der Waals surface area contributed by atoms with Gasteiger partial charge >= 0.3 is 0 Å². The van der Waals surface area contributed by atoms with Crippen LogP contribution in [0.1, 0.15) is 45.5 Å². The van der Waals surface area contributed by atoms with E-state index in [4.69, 9.17) is 10.7 Å². The Morgan fingerprint density at radius 1 is 1.44 bits per heavy atom. The van der Waals surface area contributed by atoms with Crippen LogP contribution in [0.2, 0.25) is 0 Å². The highest BCUT2D eigenvalue weighted by molar-refractivity contribution is 5.71. The van der Waals surface area contributed by atoms with Crippen LogP contribution in [0, 0.1) is 5.92 Å². The van der Waals surface area contributed by atoms with Crippen molar-refractivity contribution in [1.29, 1.82) is 0 Å². The predicted octanol–water partition coefficient (Wildman–Crippen LogP) is 2.60. The van der Waals surface area contributed by atoms with Crippen LogP contribution in [0.4, 0.5) is 0 Å². The molecule has 1 fully saturated rings. The van der Waals surface area contributed by atoms with Crippen LogP contribution in [0.5, 0.6) is 0 Å². The Morgan fingerprint density at radius 2 is 2.17 bits per heavy atom. The van der Waals surface area contributed by atoms with Crippen molar-refractivity contribution in [1.82, 2.24) is 14.5 Å². The quantitative estimate of drug-likeness (QED) is 0.902. The van der Waals surface area contributed by atoms with Crippen molar-refractivity contribution in [3.63, 3.8) is 0 Å². The summed E-state index contributed by atoms with van der Waals surface area (Å²) in [6.07, 6.45) is 4.24. The topological polar surface area (TPSA) is 56.7 Å². The molecule has 96 valence electrons. The summed E-state index contributed by atoms with van der Waals surface area (Å²) in [5, 5.41) is 0. The SMILES string of the molecule is CC(C)n1c(C(C)(N)C2CC2)nc2cccnc21. The summed E-state index contributed by atoms with van der Waals surface area (Å²) in [5.41, 5.74) is 8.08. The van der Waals surface area contributed by atoms with Crippen molar-refractivity contribution in [2.45, 2.75) is 45.2 Å². The monoisotopic (exact) mass is 244 g/mol. The molecule has 2 N–H and O–H groups in total. The van der Waals surface area contributed by atoms with Crippen LogP contribution in [-0.2, 0) is 5.54 Å². The number of aromatic nitrogens is 3. The lowest BCUT2D eigenvalue weighted by Crippen LogP contribution is -2.38. The molecule has 2 heterocycles. The highest BCUT2D eigenvalue weighted by atomic mass is 15.2. The predicted molar refractivity (Wildman–Crippen MR) is 72.2 cm³/mol. The summed E-state index contributed by atoms with van der Waals surface area (Å²) >= 11 is 0. The molecule has 2 aromatic rings. The van der Waals surface area contributed by atoms with Gasteiger partial charge in [-0.2, -0.15) is 0 Å². The highest BCUT2D eigenvalue weighted by Crippen LogP contribution is 2.44. The van der Waals surface area contributed by atoms with Gasteiger partial charge in [-0.3, -0.25) is 0 Å². The number of nitrogens with two attached hydrogens (primary N) is 1. The first kappa shape index (κ1) is 11.7. The van der Waals surface area contributed by atoms with Gasteiger partial charge in [0.05, 0.1) is 5.54 Å². The second-order valence-corrected chi connectivity index (χ2v) is 5.80. The Morgan fingerprint density at radius 3 is 2.78 bits per heavy atom. The molecule has 3 rings (SSSR count). The standard InChI is InChI=1S/C14H20N4/c1-9(2)18-12-11(5-4-8-16-12)17-13(18)14(3,15)10-6-7-10/h4-5,8-10H,6-7,15H2,1-3H3. The third-order valence-electron chi connectivity index (χ3n) is 3.87. The molecule has 0 radical (unpaired) electrons. The zero-order valence-corrected chi connectivity index (χ0v) is 11.2. The number of hydrogen-bond acceptors (Lipinski definition) is 3. The van der Waals surface area contributed by atoms with E-state index in [1.54, 1.807) is 0 Å². The molecule has 0 amide bonds. The summed E-state index contributed by atoms with van der Waals surface area (Å²) in [5.74, 6) is 1.54. The molecule has 18 heavy (non-hydrogen) atoms. The maximum absolute atomic E-state index is 6.53. The van der Waals surface area contributed by atoms with Crippen molar-refractivity contribution in [2.75, 3.05) is 0 Å².